The van der Waals surface area contributed by atoms with E-state index in [4.69, 9.17) is 4.74 Å². The summed E-state index contributed by atoms with van der Waals surface area (Å²) in [5.41, 5.74) is 0.875. The van der Waals surface area contributed by atoms with Gasteiger partial charge in [-0.1, -0.05) is 12.2 Å². The molecule has 0 saturated heterocycles. The maximum Gasteiger partial charge on any atom is 0.407 e. The van der Waals surface area contributed by atoms with Crippen LogP contribution in [-0.4, -0.2) is 23.2 Å². The summed E-state index contributed by atoms with van der Waals surface area (Å²) in [4.78, 5) is 11.5. The summed E-state index contributed by atoms with van der Waals surface area (Å²) in [6.07, 6.45) is 3.69. The first-order valence-corrected chi connectivity index (χ1v) is 5.53. The Balaban J connectivity index is 0.00000225. The fourth-order valence-electron chi connectivity index (χ4n) is 1.64. The number of hydrogen-bond donors (Lipinski definition) is 1. The summed E-state index contributed by atoms with van der Waals surface area (Å²) >= 11 is 0. The van der Waals surface area contributed by atoms with Crippen molar-refractivity contribution in [1.29, 1.82) is 0 Å². The van der Waals surface area contributed by atoms with Gasteiger partial charge in [0, 0.05) is 6.04 Å². The smallest absolute Gasteiger partial charge is 0.407 e. The second kappa shape index (κ2) is 5.89. The van der Waals surface area contributed by atoms with Gasteiger partial charge >= 0.3 is 6.09 Å². The zero-order valence-electron chi connectivity index (χ0n) is 10.4. The van der Waals surface area contributed by atoms with Gasteiger partial charge in [0.2, 0.25) is 0 Å². The van der Waals surface area contributed by atoms with Crippen molar-refractivity contribution < 1.29 is 15.0 Å². The lowest BCUT2D eigenvalue weighted by Crippen LogP contribution is -2.40. The fraction of sp³-hybridized carbons (Fsp3) is 0.750. The number of carbonyl (C=O) groups excluding carboxylic acids is 1. The molecule has 1 rings (SSSR count). The predicted octanol–water partition coefficient (Wildman–Crippen LogP) is 2.19. The van der Waals surface area contributed by atoms with Crippen LogP contribution in [0.15, 0.2) is 12.2 Å². The van der Waals surface area contributed by atoms with Gasteiger partial charge in [-0.25, -0.2) is 4.79 Å². The number of allylic oxidation sites excluding steroid dienone is 1. The van der Waals surface area contributed by atoms with E-state index in [1.54, 1.807) is 0 Å². The number of carbonyl (C=O) groups is 1. The van der Waals surface area contributed by atoms with Gasteiger partial charge in [-0.3, -0.25) is 0 Å². The van der Waals surface area contributed by atoms with Crippen molar-refractivity contribution in [2.75, 3.05) is 0 Å². The standard InChI is InChI=1S/C12H21NO2.H2O/c1-9-5-7-10(8-6-9)13-11(14)15-12(2,3)4;/h10H,1,5-8H2,2-4H3,(H,13,14);1H2. The van der Waals surface area contributed by atoms with Crippen LogP contribution in [0.5, 0.6) is 0 Å². The molecule has 0 spiro atoms. The van der Waals surface area contributed by atoms with Gasteiger partial charge in [-0.15, -0.1) is 0 Å². The van der Waals surface area contributed by atoms with Gasteiger partial charge in [0.05, 0.1) is 0 Å². The van der Waals surface area contributed by atoms with Crippen molar-refractivity contribution in [1.82, 2.24) is 5.32 Å². The largest absolute Gasteiger partial charge is 0.444 e. The van der Waals surface area contributed by atoms with E-state index in [-0.39, 0.29) is 17.6 Å². The first-order valence-electron chi connectivity index (χ1n) is 5.53. The van der Waals surface area contributed by atoms with Crippen molar-refractivity contribution in [2.24, 2.45) is 0 Å². The number of amides is 1. The molecule has 1 aliphatic carbocycles. The normalized spacial score (nSPS) is 17.6. The summed E-state index contributed by atoms with van der Waals surface area (Å²) in [6, 6.07) is 0.255. The highest BCUT2D eigenvalue weighted by atomic mass is 16.6. The Morgan fingerprint density at radius 2 is 1.88 bits per heavy atom. The van der Waals surface area contributed by atoms with Gasteiger partial charge in [0.15, 0.2) is 0 Å². The Kier molecular flexibility index (Phi) is 5.51. The van der Waals surface area contributed by atoms with Crippen LogP contribution in [0, 0.1) is 0 Å². The Morgan fingerprint density at radius 1 is 1.38 bits per heavy atom. The summed E-state index contributed by atoms with van der Waals surface area (Å²) in [5, 5.41) is 2.89. The molecule has 0 aliphatic heterocycles. The van der Waals surface area contributed by atoms with Crippen LogP contribution >= 0.6 is 0 Å². The third-order valence-corrected chi connectivity index (χ3v) is 2.41. The quantitative estimate of drug-likeness (QED) is 0.700. The van der Waals surface area contributed by atoms with E-state index < -0.39 is 5.60 Å². The molecule has 3 N–H and O–H groups in total. The minimum atomic E-state index is -0.414. The van der Waals surface area contributed by atoms with Crippen LogP contribution in [0.2, 0.25) is 0 Å². The molecule has 1 amide bonds. The summed E-state index contributed by atoms with van der Waals surface area (Å²) in [5.74, 6) is 0. The van der Waals surface area contributed by atoms with E-state index in [0.29, 0.717) is 0 Å². The first-order chi connectivity index (χ1) is 6.87. The van der Waals surface area contributed by atoms with Crippen LogP contribution < -0.4 is 5.32 Å². The van der Waals surface area contributed by atoms with Crippen LogP contribution in [0.4, 0.5) is 4.79 Å². The molecule has 0 atom stereocenters. The molecule has 0 bridgehead atoms. The molecule has 94 valence electrons. The second-order valence-electron chi connectivity index (χ2n) is 5.17. The lowest BCUT2D eigenvalue weighted by Gasteiger charge is -2.26. The predicted molar refractivity (Wildman–Crippen MR) is 64.4 cm³/mol. The Morgan fingerprint density at radius 3 is 2.31 bits per heavy atom. The third kappa shape index (κ3) is 5.75. The summed E-state index contributed by atoms with van der Waals surface area (Å²) in [7, 11) is 0. The summed E-state index contributed by atoms with van der Waals surface area (Å²) < 4.78 is 5.19. The zero-order chi connectivity index (χ0) is 11.5. The molecular formula is C12H23NO3. The SMILES string of the molecule is C=C1CCC(NC(=O)OC(C)(C)C)CC1.O. The van der Waals surface area contributed by atoms with Crippen LogP contribution in [0.3, 0.4) is 0 Å². The number of ether oxygens (including phenoxy) is 1. The Labute approximate surface area is 97.4 Å². The van der Waals surface area contributed by atoms with Gasteiger partial charge in [-0.2, -0.15) is 0 Å². The van der Waals surface area contributed by atoms with E-state index in [0.717, 1.165) is 25.7 Å². The van der Waals surface area contributed by atoms with E-state index >= 15 is 0 Å². The van der Waals surface area contributed by atoms with Crippen molar-refractivity contribution >= 4 is 6.09 Å². The maximum absolute atomic E-state index is 11.5. The zero-order valence-corrected chi connectivity index (χ0v) is 10.4. The van der Waals surface area contributed by atoms with Crippen molar-refractivity contribution in [3.63, 3.8) is 0 Å². The number of nitrogens with one attached hydrogen (secondary N) is 1. The minimum absolute atomic E-state index is 0. The maximum atomic E-state index is 11.5. The van der Waals surface area contributed by atoms with Crippen LogP contribution in [0.1, 0.15) is 46.5 Å². The third-order valence-electron chi connectivity index (χ3n) is 2.41. The molecule has 0 aromatic rings. The Bertz CT molecular complexity index is 245. The highest BCUT2D eigenvalue weighted by Crippen LogP contribution is 2.22. The monoisotopic (exact) mass is 229 g/mol. The van der Waals surface area contributed by atoms with Crippen molar-refractivity contribution in [3.05, 3.63) is 12.2 Å². The number of alkyl carbamates (subject to hydrolysis) is 1. The molecule has 4 heteroatoms. The molecule has 0 radical (unpaired) electrons. The second-order valence-corrected chi connectivity index (χ2v) is 5.17. The molecule has 16 heavy (non-hydrogen) atoms. The molecule has 0 unspecified atom stereocenters. The minimum Gasteiger partial charge on any atom is -0.444 e. The number of hydrogen-bond acceptors (Lipinski definition) is 2. The highest BCUT2D eigenvalue weighted by molar-refractivity contribution is 5.68. The molecule has 1 aliphatic rings. The van der Waals surface area contributed by atoms with Crippen LogP contribution in [0.25, 0.3) is 0 Å². The molecule has 1 saturated carbocycles. The highest BCUT2D eigenvalue weighted by Gasteiger charge is 2.21. The van der Waals surface area contributed by atoms with E-state index in [1.165, 1.54) is 5.57 Å². The first kappa shape index (κ1) is 15.0. The van der Waals surface area contributed by atoms with Gasteiger partial charge in [0.25, 0.3) is 0 Å². The van der Waals surface area contributed by atoms with Crippen molar-refractivity contribution in [2.45, 2.75) is 58.1 Å². The van der Waals surface area contributed by atoms with E-state index in [9.17, 15) is 4.79 Å². The van der Waals surface area contributed by atoms with Crippen LogP contribution in [-0.2, 0) is 4.74 Å². The molecule has 0 aromatic carbocycles. The summed E-state index contributed by atoms with van der Waals surface area (Å²) in [6.45, 7) is 9.55. The van der Waals surface area contributed by atoms with E-state index in [2.05, 4.69) is 11.9 Å². The molecule has 4 nitrogen and oxygen atoms in total. The Hall–Kier alpha value is -1.03. The average Bonchev–Trinajstić information content (AvgIpc) is 2.05. The van der Waals surface area contributed by atoms with Gasteiger partial charge in [-0.05, 0) is 46.5 Å². The lowest BCUT2D eigenvalue weighted by molar-refractivity contribution is 0.0496. The van der Waals surface area contributed by atoms with Gasteiger partial charge < -0.3 is 15.5 Å². The molecule has 0 aromatic heterocycles. The average molecular weight is 229 g/mol. The molecular weight excluding hydrogens is 206 g/mol. The molecule has 1 fully saturated rings. The van der Waals surface area contributed by atoms with E-state index in [1.807, 2.05) is 20.8 Å². The number of rotatable bonds is 1. The topological polar surface area (TPSA) is 69.8 Å². The van der Waals surface area contributed by atoms with Crippen molar-refractivity contribution in [3.8, 4) is 0 Å². The lowest BCUT2D eigenvalue weighted by atomic mass is 9.92. The molecule has 0 heterocycles. The van der Waals surface area contributed by atoms with Gasteiger partial charge in [0.1, 0.15) is 5.60 Å². The fourth-order valence-corrected chi connectivity index (χ4v) is 1.64.